The Morgan fingerprint density at radius 2 is 1.95 bits per heavy atom. The predicted octanol–water partition coefficient (Wildman–Crippen LogP) is 2.99. The number of nitrogens with one attached hydrogen (secondary N) is 1. The number of nitrogens with zero attached hydrogens (tertiary/aromatic N) is 1. The molecule has 0 bridgehead atoms. The minimum absolute atomic E-state index is 0.219. The Morgan fingerprint density at radius 1 is 1.23 bits per heavy atom. The highest BCUT2D eigenvalue weighted by Gasteiger charge is 2.15. The van der Waals surface area contributed by atoms with Gasteiger partial charge in [-0.3, -0.25) is 4.79 Å². The fraction of sp³-hybridized carbons (Fsp3) is 0.235. The van der Waals surface area contributed by atoms with Crippen LogP contribution in [0.2, 0.25) is 0 Å². The largest absolute Gasteiger partial charge is 0.492 e. The number of ether oxygens (including phenoxy) is 1. The molecule has 0 spiro atoms. The lowest BCUT2D eigenvalue weighted by molar-refractivity contribution is 0.102. The molecule has 0 saturated heterocycles. The second-order valence-electron chi connectivity index (χ2n) is 5.05. The molecule has 2 rings (SSSR count). The number of para-hydroxylation sites is 2. The molecule has 0 aliphatic heterocycles. The van der Waals surface area contributed by atoms with Crippen molar-refractivity contribution in [2.24, 2.45) is 0 Å². The first-order valence-electron chi connectivity index (χ1n) is 7.13. The number of nitrogens with two attached hydrogens (primary N) is 1. The van der Waals surface area contributed by atoms with Crippen molar-refractivity contribution in [1.29, 1.82) is 0 Å². The third-order valence-electron chi connectivity index (χ3n) is 3.18. The van der Waals surface area contributed by atoms with E-state index in [0.29, 0.717) is 29.3 Å². The Hall–Kier alpha value is -2.69. The molecular formula is C17H21N3O2. The zero-order valence-electron chi connectivity index (χ0n) is 13.1. The first kappa shape index (κ1) is 15.7. The second-order valence-corrected chi connectivity index (χ2v) is 5.05. The van der Waals surface area contributed by atoms with E-state index in [1.807, 2.05) is 56.3 Å². The van der Waals surface area contributed by atoms with Gasteiger partial charge in [0.25, 0.3) is 5.91 Å². The van der Waals surface area contributed by atoms with Gasteiger partial charge in [-0.1, -0.05) is 12.1 Å². The van der Waals surface area contributed by atoms with Gasteiger partial charge in [0.1, 0.15) is 5.75 Å². The van der Waals surface area contributed by atoms with E-state index in [-0.39, 0.29) is 5.91 Å². The van der Waals surface area contributed by atoms with Crippen LogP contribution in [-0.2, 0) is 0 Å². The summed E-state index contributed by atoms with van der Waals surface area (Å²) in [6.45, 7) is 2.44. The SMILES string of the molecule is CCOc1ccccc1NC(=O)c1cc(N)ccc1N(C)C. The molecule has 0 aromatic heterocycles. The van der Waals surface area contributed by atoms with Gasteiger partial charge in [-0.2, -0.15) is 0 Å². The summed E-state index contributed by atoms with van der Waals surface area (Å²) in [5.41, 5.74) is 8.33. The maximum absolute atomic E-state index is 12.6. The topological polar surface area (TPSA) is 67.6 Å². The third-order valence-corrected chi connectivity index (χ3v) is 3.18. The number of benzene rings is 2. The van der Waals surface area contributed by atoms with E-state index in [0.717, 1.165) is 5.69 Å². The highest BCUT2D eigenvalue weighted by atomic mass is 16.5. The average Bonchev–Trinajstić information content (AvgIpc) is 2.49. The average molecular weight is 299 g/mol. The molecule has 0 aliphatic carbocycles. The molecule has 0 unspecified atom stereocenters. The standard InChI is InChI=1S/C17H21N3O2/c1-4-22-16-8-6-5-7-14(16)19-17(21)13-11-12(18)9-10-15(13)20(2)3/h5-11H,4,18H2,1-3H3,(H,19,21). The van der Waals surface area contributed by atoms with Crippen LogP contribution in [0.4, 0.5) is 17.1 Å². The molecule has 0 atom stereocenters. The lowest BCUT2D eigenvalue weighted by Crippen LogP contribution is -2.19. The lowest BCUT2D eigenvalue weighted by atomic mass is 10.1. The lowest BCUT2D eigenvalue weighted by Gasteiger charge is -2.18. The minimum Gasteiger partial charge on any atom is -0.492 e. The van der Waals surface area contributed by atoms with Gasteiger partial charge in [-0.05, 0) is 37.3 Å². The Morgan fingerprint density at radius 3 is 2.64 bits per heavy atom. The van der Waals surface area contributed by atoms with E-state index in [9.17, 15) is 4.79 Å². The fourth-order valence-corrected chi connectivity index (χ4v) is 2.17. The van der Waals surface area contributed by atoms with Gasteiger partial charge >= 0.3 is 0 Å². The number of carbonyl (C=O) groups excluding carboxylic acids is 1. The summed E-state index contributed by atoms with van der Waals surface area (Å²) in [4.78, 5) is 14.5. The molecule has 5 nitrogen and oxygen atoms in total. The van der Waals surface area contributed by atoms with Gasteiger partial charge in [-0.15, -0.1) is 0 Å². The fourth-order valence-electron chi connectivity index (χ4n) is 2.17. The molecular weight excluding hydrogens is 278 g/mol. The van der Waals surface area contributed by atoms with Crippen molar-refractivity contribution in [2.75, 3.05) is 36.7 Å². The summed E-state index contributed by atoms with van der Waals surface area (Å²) >= 11 is 0. The summed E-state index contributed by atoms with van der Waals surface area (Å²) in [6, 6.07) is 12.6. The van der Waals surface area contributed by atoms with E-state index < -0.39 is 0 Å². The summed E-state index contributed by atoms with van der Waals surface area (Å²) in [6.07, 6.45) is 0. The van der Waals surface area contributed by atoms with Gasteiger partial charge in [0.15, 0.2) is 0 Å². The number of hydrogen-bond acceptors (Lipinski definition) is 4. The summed E-state index contributed by atoms with van der Waals surface area (Å²) in [5.74, 6) is 0.428. The van der Waals surface area contributed by atoms with Crippen LogP contribution >= 0.6 is 0 Å². The Labute approximate surface area is 130 Å². The van der Waals surface area contributed by atoms with Gasteiger partial charge in [0, 0.05) is 25.5 Å². The quantitative estimate of drug-likeness (QED) is 0.833. The van der Waals surface area contributed by atoms with Crippen LogP contribution in [0.3, 0.4) is 0 Å². The number of rotatable bonds is 5. The maximum Gasteiger partial charge on any atom is 0.257 e. The third kappa shape index (κ3) is 3.49. The van der Waals surface area contributed by atoms with Gasteiger partial charge in [-0.25, -0.2) is 0 Å². The molecule has 0 fully saturated rings. The molecule has 0 heterocycles. The molecule has 0 saturated carbocycles. The van der Waals surface area contributed by atoms with Crippen molar-refractivity contribution < 1.29 is 9.53 Å². The molecule has 2 aromatic rings. The van der Waals surface area contributed by atoms with E-state index >= 15 is 0 Å². The van der Waals surface area contributed by atoms with Crippen molar-refractivity contribution in [3.05, 3.63) is 48.0 Å². The molecule has 22 heavy (non-hydrogen) atoms. The zero-order valence-corrected chi connectivity index (χ0v) is 13.1. The number of nitrogen functional groups attached to an aromatic ring is 1. The molecule has 3 N–H and O–H groups in total. The van der Waals surface area contributed by atoms with Gasteiger partial charge in [0.2, 0.25) is 0 Å². The summed E-state index contributed by atoms with van der Waals surface area (Å²) < 4.78 is 5.53. The molecule has 116 valence electrons. The van der Waals surface area contributed by atoms with Crippen LogP contribution in [0.5, 0.6) is 5.75 Å². The van der Waals surface area contributed by atoms with E-state index in [1.165, 1.54) is 0 Å². The summed E-state index contributed by atoms with van der Waals surface area (Å²) in [5, 5.41) is 2.89. The highest BCUT2D eigenvalue weighted by Crippen LogP contribution is 2.27. The smallest absolute Gasteiger partial charge is 0.257 e. The first-order chi connectivity index (χ1) is 10.5. The van der Waals surface area contributed by atoms with Crippen LogP contribution in [0.1, 0.15) is 17.3 Å². The maximum atomic E-state index is 12.6. The molecule has 5 heteroatoms. The monoisotopic (exact) mass is 299 g/mol. The van der Waals surface area contributed by atoms with E-state index in [1.54, 1.807) is 12.1 Å². The van der Waals surface area contributed by atoms with Crippen LogP contribution in [0.25, 0.3) is 0 Å². The van der Waals surface area contributed by atoms with Gasteiger partial charge < -0.3 is 20.7 Å². The number of amides is 1. The molecule has 2 aromatic carbocycles. The second kappa shape index (κ2) is 6.85. The summed E-state index contributed by atoms with van der Waals surface area (Å²) in [7, 11) is 3.77. The van der Waals surface area contributed by atoms with Crippen LogP contribution < -0.4 is 20.7 Å². The van der Waals surface area contributed by atoms with Crippen molar-refractivity contribution >= 4 is 23.0 Å². The minimum atomic E-state index is -0.219. The Bertz CT molecular complexity index is 669. The van der Waals surface area contributed by atoms with Crippen molar-refractivity contribution in [2.45, 2.75) is 6.92 Å². The van der Waals surface area contributed by atoms with Crippen molar-refractivity contribution in [1.82, 2.24) is 0 Å². The van der Waals surface area contributed by atoms with E-state index in [2.05, 4.69) is 5.32 Å². The number of hydrogen-bond donors (Lipinski definition) is 2. The van der Waals surface area contributed by atoms with E-state index in [4.69, 9.17) is 10.5 Å². The zero-order chi connectivity index (χ0) is 16.1. The first-order valence-corrected chi connectivity index (χ1v) is 7.13. The Kier molecular flexibility index (Phi) is 4.88. The van der Waals surface area contributed by atoms with Gasteiger partial charge in [0.05, 0.1) is 17.9 Å². The van der Waals surface area contributed by atoms with Crippen LogP contribution in [-0.4, -0.2) is 26.6 Å². The van der Waals surface area contributed by atoms with Crippen molar-refractivity contribution in [3.8, 4) is 5.75 Å². The normalized spacial score (nSPS) is 10.1. The number of anilines is 3. The van der Waals surface area contributed by atoms with Crippen molar-refractivity contribution in [3.63, 3.8) is 0 Å². The van der Waals surface area contributed by atoms with Crippen LogP contribution in [0.15, 0.2) is 42.5 Å². The number of carbonyl (C=O) groups is 1. The molecule has 1 amide bonds. The predicted molar refractivity (Wildman–Crippen MR) is 90.7 cm³/mol. The molecule has 0 radical (unpaired) electrons. The highest BCUT2D eigenvalue weighted by molar-refractivity contribution is 6.09. The molecule has 0 aliphatic rings. The van der Waals surface area contributed by atoms with Crippen LogP contribution in [0, 0.1) is 0 Å². The Balaban J connectivity index is 2.32.